The minimum atomic E-state index is -0.720. The molecule has 66 heavy (non-hydrogen) atoms. The third kappa shape index (κ3) is 13.6. The molecular formula is C52H90O14. The summed E-state index contributed by atoms with van der Waals surface area (Å²) in [6.07, 6.45) is 12.2. The van der Waals surface area contributed by atoms with E-state index < -0.39 is 60.9 Å². The predicted molar refractivity (Wildman–Crippen MR) is 254 cm³/mol. The molecule has 0 radical (unpaired) electrons. The van der Waals surface area contributed by atoms with E-state index in [4.69, 9.17) is 56.8 Å². The molecule has 0 unspecified atom stereocenters. The molecule has 0 spiro atoms. The molecule has 14 heteroatoms. The molecule has 0 aromatic rings. The molecule has 4 aliphatic rings. The summed E-state index contributed by atoms with van der Waals surface area (Å²) in [5.41, 5.74) is 1.19. The van der Waals surface area contributed by atoms with Crippen LogP contribution in [0.1, 0.15) is 87.0 Å². The van der Waals surface area contributed by atoms with Gasteiger partial charge in [0.05, 0.1) is 23.9 Å². The van der Waals surface area contributed by atoms with E-state index in [9.17, 15) is 10.2 Å². The standard InChI is InChI=1S/C52H90O14/c1-17-39(55-8)34(6)36-28-52(54,29-36)33(5)24-19-23-32(4)43-45(58-11)47(49(61-14)51(63-16)66-43)64-26-20-25-40(56-9)35(7)37-27-38(37)41(53)30(2)21-18-22-31(3)42-44(57-10)46(59-12)48(60-13)50(62-15)65-42/h18-19,21-24,30,33-51,53-54H,17,20,25-29H2,1-16H3/b21-18+,24-19+,31-22+,32-23+/t30-,33-,34-,35-,36-,37-,38+,39-,40-,41+,42-,43-,44+,45+,46-,47-,48+,49+,50+,51-,52-/m0/s1. The Hall–Kier alpha value is -1.60. The molecule has 2 aliphatic carbocycles. The molecule has 0 bridgehead atoms. The minimum absolute atomic E-state index is 0.00826. The van der Waals surface area contributed by atoms with Crippen LogP contribution < -0.4 is 0 Å². The quantitative estimate of drug-likeness (QED) is 0.0607. The van der Waals surface area contributed by atoms with Gasteiger partial charge in [0.15, 0.2) is 12.6 Å². The summed E-state index contributed by atoms with van der Waals surface area (Å²) < 4.78 is 71.7. The van der Waals surface area contributed by atoms with Gasteiger partial charge in [0.25, 0.3) is 0 Å². The fraction of sp³-hybridized carbons (Fsp3) is 0.846. The van der Waals surface area contributed by atoms with Crippen LogP contribution in [-0.2, 0) is 56.8 Å². The predicted octanol–water partition coefficient (Wildman–Crippen LogP) is 7.10. The van der Waals surface area contributed by atoms with Gasteiger partial charge in [0.1, 0.15) is 48.8 Å². The molecule has 2 aliphatic heterocycles. The summed E-state index contributed by atoms with van der Waals surface area (Å²) in [7, 11) is 14.9. The number of aliphatic hydroxyl groups is 2. The Morgan fingerprint density at radius 3 is 1.62 bits per heavy atom. The summed E-state index contributed by atoms with van der Waals surface area (Å²) in [5.74, 6) is 1.61. The lowest BCUT2D eigenvalue weighted by molar-refractivity contribution is -0.298. The molecule has 2 saturated carbocycles. The Morgan fingerprint density at radius 1 is 0.636 bits per heavy atom. The van der Waals surface area contributed by atoms with Crippen molar-refractivity contribution in [3.63, 3.8) is 0 Å². The molecule has 2 saturated heterocycles. The summed E-state index contributed by atoms with van der Waals surface area (Å²) in [6.45, 7) is 15.2. The lowest BCUT2D eigenvalue weighted by Gasteiger charge is -2.50. The highest BCUT2D eigenvalue weighted by Gasteiger charge is 2.52. The molecule has 2 N–H and O–H groups in total. The second-order valence-corrected chi connectivity index (χ2v) is 19.5. The van der Waals surface area contributed by atoms with Crippen LogP contribution in [0, 0.1) is 41.4 Å². The van der Waals surface area contributed by atoms with Crippen LogP contribution in [0.25, 0.3) is 0 Å². The fourth-order valence-corrected chi connectivity index (χ4v) is 11.1. The first kappa shape index (κ1) is 57.0. The second-order valence-electron chi connectivity index (χ2n) is 19.5. The van der Waals surface area contributed by atoms with Gasteiger partial charge in [-0.05, 0) is 93.1 Å². The third-order valence-corrected chi connectivity index (χ3v) is 15.7. The van der Waals surface area contributed by atoms with Gasteiger partial charge in [-0.3, -0.25) is 0 Å². The van der Waals surface area contributed by atoms with E-state index in [1.165, 1.54) is 0 Å². The number of hydrogen-bond donors (Lipinski definition) is 2. The first-order valence-electron chi connectivity index (χ1n) is 24.4. The topological polar surface area (TPSA) is 151 Å². The molecule has 14 nitrogen and oxygen atoms in total. The van der Waals surface area contributed by atoms with Crippen LogP contribution in [0.5, 0.6) is 0 Å². The van der Waals surface area contributed by atoms with E-state index >= 15 is 0 Å². The Kier molecular flexibility index (Phi) is 23.4. The SMILES string of the molecule is CC[C@H](OC)[C@@H](C)[C@H]1C[C@@](O)([C@@H](C)/C=C/C=C(\C)[C@@H]2O[C@H](OC)[C@H](OC)[C@@H](OCCC[C@H](OC)[C@@H](C)[C@@H]3C[C@H]3[C@H](O)[C@@H](C)/C=C/C=C(\C)[C@@H]3O[C@@H](OC)[C@H](OC)[C@@H](OC)[C@@H]3OC)[C@@H]2OC)C1. The maximum Gasteiger partial charge on any atom is 0.186 e. The van der Waals surface area contributed by atoms with Gasteiger partial charge in [0, 0.05) is 82.4 Å². The van der Waals surface area contributed by atoms with Gasteiger partial charge in [-0.25, -0.2) is 0 Å². The number of ether oxygens (including phenoxy) is 12. The molecule has 19 atom stereocenters. The van der Waals surface area contributed by atoms with Crippen molar-refractivity contribution in [1.29, 1.82) is 0 Å². The fourth-order valence-electron chi connectivity index (χ4n) is 11.1. The van der Waals surface area contributed by atoms with Gasteiger partial charge >= 0.3 is 0 Å². The zero-order valence-electron chi connectivity index (χ0n) is 43.3. The monoisotopic (exact) mass is 939 g/mol. The van der Waals surface area contributed by atoms with Gasteiger partial charge in [-0.1, -0.05) is 71.1 Å². The van der Waals surface area contributed by atoms with E-state index in [-0.39, 0.29) is 48.1 Å². The highest BCUT2D eigenvalue weighted by molar-refractivity contribution is 5.21. The first-order chi connectivity index (χ1) is 31.6. The second kappa shape index (κ2) is 27.1. The van der Waals surface area contributed by atoms with E-state index in [2.05, 4.69) is 46.8 Å². The Morgan fingerprint density at radius 2 is 1.14 bits per heavy atom. The van der Waals surface area contributed by atoms with Gasteiger partial charge in [-0.15, -0.1) is 0 Å². The van der Waals surface area contributed by atoms with E-state index in [1.54, 1.807) is 64.0 Å². The van der Waals surface area contributed by atoms with Crippen LogP contribution in [0.4, 0.5) is 0 Å². The summed E-state index contributed by atoms with van der Waals surface area (Å²) in [6, 6.07) is 0. The number of hydrogen-bond acceptors (Lipinski definition) is 14. The zero-order valence-corrected chi connectivity index (χ0v) is 43.3. The molecule has 4 rings (SSSR count). The zero-order chi connectivity index (χ0) is 48.9. The van der Waals surface area contributed by atoms with Crippen molar-refractivity contribution in [3.8, 4) is 0 Å². The summed E-state index contributed by atoms with van der Waals surface area (Å²) in [5, 5.41) is 22.9. The van der Waals surface area contributed by atoms with Crippen LogP contribution in [-0.4, -0.2) is 166 Å². The molecular weight excluding hydrogens is 849 g/mol. The van der Waals surface area contributed by atoms with Crippen molar-refractivity contribution in [3.05, 3.63) is 47.6 Å². The number of rotatable bonds is 28. The minimum Gasteiger partial charge on any atom is -0.392 e. The smallest absolute Gasteiger partial charge is 0.186 e. The number of methoxy groups -OCH3 is 9. The van der Waals surface area contributed by atoms with Gasteiger partial charge in [-0.2, -0.15) is 0 Å². The lowest BCUT2D eigenvalue weighted by Crippen LogP contribution is -2.60. The van der Waals surface area contributed by atoms with Crippen molar-refractivity contribution < 1.29 is 67.1 Å². The van der Waals surface area contributed by atoms with E-state index in [0.29, 0.717) is 24.4 Å². The molecule has 0 aromatic carbocycles. The summed E-state index contributed by atoms with van der Waals surface area (Å²) >= 11 is 0. The van der Waals surface area contributed by atoms with Crippen molar-refractivity contribution in [1.82, 2.24) is 0 Å². The highest BCUT2D eigenvalue weighted by Crippen LogP contribution is 2.50. The average molecular weight is 939 g/mol. The summed E-state index contributed by atoms with van der Waals surface area (Å²) in [4.78, 5) is 0. The van der Waals surface area contributed by atoms with Gasteiger partial charge in [0.2, 0.25) is 0 Å². The molecule has 0 amide bonds. The van der Waals surface area contributed by atoms with Crippen molar-refractivity contribution >= 4 is 0 Å². The Labute approximate surface area is 398 Å². The van der Waals surface area contributed by atoms with Gasteiger partial charge < -0.3 is 67.1 Å². The van der Waals surface area contributed by atoms with Crippen LogP contribution >= 0.6 is 0 Å². The molecule has 0 aromatic heterocycles. The van der Waals surface area contributed by atoms with Crippen LogP contribution in [0.15, 0.2) is 47.6 Å². The van der Waals surface area contributed by atoms with Crippen molar-refractivity contribution in [2.45, 2.75) is 172 Å². The largest absolute Gasteiger partial charge is 0.392 e. The molecule has 4 fully saturated rings. The van der Waals surface area contributed by atoms with Crippen molar-refractivity contribution in [2.24, 2.45) is 41.4 Å². The molecule has 382 valence electrons. The Balaban J connectivity index is 1.30. The molecule has 2 heterocycles. The van der Waals surface area contributed by atoms with E-state index in [0.717, 1.165) is 49.7 Å². The first-order valence-corrected chi connectivity index (χ1v) is 24.4. The van der Waals surface area contributed by atoms with Crippen LogP contribution in [0.2, 0.25) is 0 Å². The number of allylic oxidation sites excluding steroid dienone is 4. The maximum atomic E-state index is 11.5. The maximum absolute atomic E-state index is 11.5. The average Bonchev–Trinajstić information content (AvgIpc) is 4.12. The van der Waals surface area contributed by atoms with E-state index in [1.807, 2.05) is 38.2 Å². The lowest BCUT2D eigenvalue weighted by atomic mass is 9.60. The Bertz CT molecular complexity index is 1530. The normalized spacial score (nSPS) is 37.6. The van der Waals surface area contributed by atoms with Crippen molar-refractivity contribution in [2.75, 3.05) is 70.6 Å². The van der Waals surface area contributed by atoms with Crippen LogP contribution in [0.3, 0.4) is 0 Å². The highest BCUT2D eigenvalue weighted by atomic mass is 16.7. The number of aliphatic hydroxyl groups excluding tert-OH is 1. The third-order valence-electron chi connectivity index (χ3n) is 15.7.